The van der Waals surface area contributed by atoms with Gasteiger partial charge in [-0.2, -0.15) is 0 Å². The molecule has 1 atom stereocenters. The smallest absolute Gasteiger partial charge is 0.255 e. The van der Waals surface area contributed by atoms with Crippen LogP contribution in [0.1, 0.15) is 35.2 Å². The highest BCUT2D eigenvalue weighted by molar-refractivity contribution is 14.1. The Labute approximate surface area is 122 Å². The summed E-state index contributed by atoms with van der Waals surface area (Å²) in [7, 11) is 0. The molecule has 4 heteroatoms. The van der Waals surface area contributed by atoms with Gasteiger partial charge in [-0.15, -0.1) is 0 Å². The predicted octanol–water partition coefficient (Wildman–Crippen LogP) is 2.55. The van der Waals surface area contributed by atoms with Gasteiger partial charge >= 0.3 is 0 Å². The molecule has 1 aromatic carbocycles. The highest BCUT2D eigenvalue weighted by atomic mass is 127. The third-order valence-electron chi connectivity index (χ3n) is 3.51. The van der Waals surface area contributed by atoms with E-state index in [0.29, 0.717) is 6.54 Å². The molecule has 0 spiro atoms. The van der Waals surface area contributed by atoms with Crippen LogP contribution in [0.5, 0.6) is 0 Å². The molecule has 2 rings (SSSR count). The van der Waals surface area contributed by atoms with Crippen molar-refractivity contribution in [3.8, 4) is 0 Å². The van der Waals surface area contributed by atoms with Gasteiger partial charge in [0.1, 0.15) is 0 Å². The van der Waals surface area contributed by atoms with E-state index in [0.717, 1.165) is 34.1 Å². The van der Waals surface area contributed by atoms with Crippen LogP contribution >= 0.6 is 22.6 Å². The van der Waals surface area contributed by atoms with E-state index in [-0.39, 0.29) is 11.9 Å². The molecule has 1 aromatic rings. The minimum absolute atomic E-state index is 0.137. The van der Waals surface area contributed by atoms with Crippen LogP contribution in [0.4, 0.5) is 0 Å². The molecule has 18 heavy (non-hydrogen) atoms. The Morgan fingerprint density at radius 2 is 2.28 bits per heavy atom. The predicted molar refractivity (Wildman–Crippen MR) is 81.6 cm³/mol. The number of aryl methyl sites for hydroxylation is 1. The van der Waals surface area contributed by atoms with E-state index in [9.17, 15) is 4.79 Å². The van der Waals surface area contributed by atoms with Crippen LogP contribution in [-0.4, -0.2) is 29.9 Å². The summed E-state index contributed by atoms with van der Waals surface area (Å²) in [6, 6.07) is 6.23. The van der Waals surface area contributed by atoms with Crippen LogP contribution in [0.3, 0.4) is 0 Å². The molecule has 1 unspecified atom stereocenters. The van der Waals surface area contributed by atoms with Crippen molar-refractivity contribution >= 4 is 28.5 Å². The number of carbonyl (C=O) groups excluding carboxylic acids is 1. The van der Waals surface area contributed by atoms with Crippen molar-refractivity contribution in [3.05, 3.63) is 32.9 Å². The monoisotopic (exact) mass is 358 g/mol. The van der Waals surface area contributed by atoms with Crippen LogP contribution < -0.4 is 5.73 Å². The molecule has 1 heterocycles. The number of benzene rings is 1. The lowest BCUT2D eigenvalue weighted by Gasteiger charge is -2.35. The minimum Gasteiger partial charge on any atom is -0.334 e. The molecular formula is C14H19IN2O. The van der Waals surface area contributed by atoms with Crippen LogP contribution in [0, 0.1) is 10.5 Å². The molecule has 1 saturated heterocycles. The summed E-state index contributed by atoms with van der Waals surface area (Å²) in [5.74, 6) is 0.137. The Kier molecular flexibility index (Phi) is 4.61. The van der Waals surface area contributed by atoms with E-state index in [1.165, 1.54) is 6.42 Å². The average Bonchev–Trinajstić information content (AvgIpc) is 2.40. The Bertz CT molecular complexity index is 447. The second-order valence-electron chi connectivity index (χ2n) is 4.87. The zero-order chi connectivity index (χ0) is 13.1. The highest BCUT2D eigenvalue weighted by Crippen LogP contribution is 2.22. The number of halogens is 1. The third-order valence-corrected chi connectivity index (χ3v) is 4.45. The summed E-state index contributed by atoms with van der Waals surface area (Å²) in [6.45, 7) is 3.42. The van der Waals surface area contributed by atoms with Crippen molar-refractivity contribution in [3.63, 3.8) is 0 Å². The molecule has 3 nitrogen and oxygen atoms in total. The molecule has 98 valence electrons. The minimum atomic E-state index is 0.137. The molecular weight excluding hydrogens is 339 g/mol. The lowest BCUT2D eigenvalue weighted by Crippen LogP contribution is -2.47. The Hall–Kier alpha value is -0.620. The number of piperidine rings is 1. The zero-order valence-electron chi connectivity index (χ0n) is 10.7. The molecule has 0 aliphatic carbocycles. The highest BCUT2D eigenvalue weighted by Gasteiger charge is 2.27. The quantitative estimate of drug-likeness (QED) is 0.826. The topological polar surface area (TPSA) is 46.3 Å². The van der Waals surface area contributed by atoms with Gasteiger partial charge in [-0.1, -0.05) is 11.6 Å². The fourth-order valence-electron chi connectivity index (χ4n) is 2.47. The summed E-state index contributed by atoms with van der Waals surface area (Å²) in [4.78, 5) is 14.6. The van der Waals surface area contributed by atoms with Gasteiger partial charge in [0.2, 0.25) is 0 Å². The summed E-state index contributed by atoms with van der Waals surface area (Å²) < 4.78 is 1.02. The van der Waals surface area contributed by atoms with Crippen LogP contribution in [0.2, 0.25) is 0 Å². The largest absolute Gasteiger partial charge is 0.334 e. The van der Waals surface area contributed by atoms with Gasteiger partial charge in [-0.05, 0) is 60.9 Å². The number of likely N-dealkylation sites (tertiary alicyclic amines) is 1. The SMILES string of the molecule is Cc1ccc(I)c(C(=O)N2CCCCC2CN)c1. The van der Waals surface area contributed by atoms with E-state index in [1.54, 1.807) is 0 Å². The Balaban J connectivity index is 2.26. The molecule has 0 radical (unpaired) electrons. The third kappa shape index (κ3) is 2.85. The second-order valence-corrected chi connectivity index (χ2v) is 6.03. The molecule has 0 aromatic heterocycles. The zero-order valence-corrected chi connectivity index (χ0v) is 12.8. The van der Waals surface area contributed by atoms with Crippen molar-refractivity contribution < 1.29 is 4.79 Å². The summed E-state index contributed by atoms with van der Waals surface area (Å²) in [5.41, 5.74) is 7.72. The van der Waals surface area contributed by atoms with Gasteiger partial charge in [0.25, 0.3) is 5.91 Å². The molecule has 1 fully saturated rings. The molecule has 1 aliphatic heterocycles. The Morgan fingerprint density at radius 3 is 3.00 bits per heavy atom. The lowest BCUT2D eigenvalue weighted by atomic mass is 10.0. The van der Waals surface area contributed by atoms with Crippen molar-refractivity contribution in [1.29, 1.82) is 0 Å². The maximum atomic E-state index is 12.6. The first-order chi connectivity index (χ1) is 8.63. The van der Waals surface area contributed by atoms with Gasteiger partial charge in [-0.3, -0.25) is 4.79 Å². The van der Waals surface area contributed by atoms with Crippen molar-refractivity contribution in [2.24, 2.45) is 5.73 Å². The van der Waals surface area contributed by atoms with E-state index >= 15 is 0 Å². The first-order valence-corrected chi connectivity index (χ1v) is 7.48. The number of hydrogen-bond donors (Lipinski definition) is 1. The van der Waals surface area contributed by atoms with Crippen molar-refractivity contribution in [2.75, 3.05) is 13.1 Å². The van der Waals surface area contributed by atoms with Crippen molar-refractivity contribution in [2.45, 2.75) is 32.2 Å². The Morgan fingerprint density at radius 1 is 1.50 bits per heavy atom. The maximum absolute atomic E-state index is 12.6. The normalized spacial score (nSPS) is 19.9. The van der Waals surface area contributed by atoms with Gasteiger partial charge in [-0.25, -0.2) is 0 Å². The number of rotatable bonds is 2. The molecule has 1 amide bonds. The number of hydrogen-bond acceptors (Lipinski definition) is 2. The van der Waals surface area contributed by atoms with Gasteiger partial charge in [0.15, 0.2) is 0 Å². The van der Waals surface area contributed by atoms with E-state index in [2.05, 4.69) is 22.6 Å². The van der Waals surface area contributed by atoms with Gasteiger partial charge < -0.3 is 10.6 Å². The maximum Gasteiger partial charge on any atom is 0.255 e. The number of nitrogens with two attached hydrogens (primary N) is 1. The standard InChI is InChI=1S/C14H19IN2O/c1-10-5-6-13(15)12(8-10)14(18)17-7-3-2-4-11(17)9-16/h5-6,8,11H,2-4,7,9,16H2,1H3. The molecule has 0 bridgehead atoms. The van der Waals surface area contributed by atoms with Crippen LogP contribution in [-0.2, 0) is 0 Å². The fraction of sp³-hybridized carbons (Fsp3) is 0.500. The van der Waals surface area contributed by atoms with Crippen LogP contribution in [0.25, 0.3) is 0 Å². The molecule has 1 aliphatic rings. The van der Waals surface area contributed by atoms with E-state index in [4.69, 9.17) is 5.73 Å². The first kappa shape index (κ1) is 13.8. The molecule has 2 N–H and O–H groups in total. The fourth-order valence-corrected chi connectivity index (χ4v) is 3.04. The van der Waals surface area contributed by atoms with E-state index in [1.807, 2.05) is 30.0 Å². The van der Waals surface area contributed by atoms with E-state index < -0.39 is 0 Å². The van der Waals surface area contributed by atoms with Gasteiger partial charge in [0, 0.05) is 22.7 Å². The number of carbonyl (C=O) groups is 1. The summed E-state index contributed by atoms with van der Waals surface area (Å²) >= 11 is 2.23. The van der Waals surface area contributed by atoms with Crippen LogP contribution in [0.15, 0.2) is 18.2 Å². The summed E-state index contributed by atoms with van der Waals surface area (Å²) in [5, 5.41) is 0. The number of nitrogens with zero attached hydrogens (tertiary/aromatic N) is 1. The van der Waals surface area contributed by atoms with Crippen molar-refractivity contribution in [1.82, 2.24) is 4.90 Å². The lowest BCUT2D eigenvalue weighted by molar-refractivity contribution is 0.0622. The second kappa shape index (κ2) is 6.02. The summed E-state index contributed by atoms with van der Waals surface area (Å²) in [6.07, 6.45) is 3.30. The number of amides is 1. The first-order valence-electron chi connectivity index (χ1n) is 6.40. The van der Waals surface area contributed by atoms with Gasteiger partial charge in [0.05, 0.1) is 5.56 Å². The average molecular weight is 358 g/mol. The molecule has 0 saturated carbocycles.